The largest absolute Gasteiger partial charge is 0.387 e. The molecule has 1 fully saturated rings. The predicted molar refractivity (Wildman–Crippen MR) is 75.9 cm³/mol. The van der Waals surface area contributed by atoms with Gasteiger partial charge in [-0.15, -0.1) is 0 Å². The molecule has 1 saturated heterocycles. The smallest absolute Gasteiger partial charge is 0.275 e. The SMILES string of the molecule is CC(C)C1(O)CN(Cc2ccc(Br)cc2[N+](=O)[O-])C1. The Morgan fingerprint density at radius 3 is 2.68 bits per heavy atom. The molecule has 5 nitrogen and oxygen atoms in total. The summed E-state index contributed by atoms with van der Waals surface area (Å²) in [4.78, 5) is 12.7. The van der Waals surface area contributed by atoms with Crippen LogP contribution >= 0.6 is 15.9 Å². The average Bonchev–Trinajstić information content (AvgIpc) is 2.28. The van der Waals surface area contributed by atoms with Crippen LogP contribution in [-0.2, 0) is 6.54 Å². The van der Waals surface area contributed by atoms with Gasteiger partial charge >= 0.3 is 0 Å². The monoisotopic (exact) mass is 328 g/mol. The molecule has 1 heterocycles. The highest BCUT2D eigenvalue weighted by atomic mass is 79.9. The topological polar surface area (TPSA) is 66.6 Å². The predicted octanol–water partition coefficient (Wildman–Crippen LogP) is 2.56. The van der Waals surface area contributed by atoms with Gasteiger partial charge in [-0.25, -0.2) is 0 Å². The van der Waals surface area contributed by atoms with E-state index in [9.17, 15) is 15.2 Å². The molecule has 1 N–H and O–H groups in total. The quantitative estimate of drug-likeness (QED) is 0.681. The van der Waals surface area contributed by atoms with Gasteiger partial charge in [0.05, 0.1) is 10.5 Å². The summed E-state index contributed by atoms with van der Waals surface area (Å²) in [7, 11) is 0. The molecule has 1 aliphatic rings. The molecule has 0 atom stereocenters. The fourth-order valence-electron chi connectivity index (χ4n) is 2.29. The van der Waals surface area contributed by atoms with E-state index < -0.39 is 5.60 Å². The van der Waals surface area contributed by atoms with Crippen LogP contribution in [0.2, 0.25) is 0 Å². The molecule has 0 saturated carbocycles. The number of β-amino-alcohol motifs (C(OH)–C–C–N with tert-alkyl or cyclic N) is 1. The molecule has 0 amide bonds. The van der Waals surface area contributed by atoms with Crippen LogP contribution in [0.15, 0.2) is 22.7 Å². The van der Waals surface area contributed by atoms with E-state index in [2.05, 4.69) is 15.9 Å². The third kappa shape index (κ3) is 2.96. The Bertz CT molecular complexity index is 499. The van der Waals surface area contributed by atoms with Gasteiger partial charge in [0.1, 0.15) is 0 Å². The Kier molecular flexibility index (Phi) is 3.94. The highest BCUT2D eigenvalue weighted by Gasteiger charge is 2.43. The van der Waals surface area contributed by atoms with Crippen molar-refractivity contribution in [1.82, 2.24) is 4.90 Å². The lowest BCUT2D eigenvalue weighted by Gasteiger charge is -2.49. The Balaban J connectivity index is 2.08. The van der Waals surface area contributed by atoms with E-state index in [1.54, 1.807) is 12.1 Å². The molecule has 1 aromatic carbocycles. The van der Waals surface area contributed by atoms with Gasteiger partial charge in [-0.2, -0.15) is 0 Å². The lowest BCUT2D eigenvalue weighted by atomic mass is 9.83. The molecular formula is C13H17BrN2O3. The Morgan fingerprint density at radius 1 is 1.53 bits per heavy atom. The van der Waals surface area contributed by atoms with Crippen LogP contribution in [0, 0.1) is 16.0 Å². The van der Waals surface area contributed by atoms with Gasteiger partial charge in [0.2, 0.25) is 0 Å². The second kappa shape index (κ2) is 5.19. The van der Waals surface area contributed by atoms with Gasteiger partial charge < -0.3 is 5.11 Å². The van der Waals surface area contributed by atoms with E-state index in [0.29, 0.717) is 29.7 Å². The maximum absolute atomic E-state index is 11.0. The van der Waals surface area contributed by atoms with Crippen LogP contribution in [-0.4, -0.2) is 33.6 Å². The number of likely N-dealkylation sites (tertiary alicyclic amines) is 1. The van der Waals surface area contributed by atoms with E-state index in [1.165, 1.54) is 6.07 Å². The van der Waals surface area contributed by atoms with Crippen LogP contribution in [0.1, 0.15) is 19.4 Å². The highest BCUT2D eigenvalue weighted by molar-refractivity contribution is 9.10. The highest BCUT2D eigenvalue weighted by Crippen LogP contribution is 2.32. The number of nitro groups is 1. The molecule has 104 valence electrons. The molecule has 1 aliphatic heterocycles. The van der Waals surface area contributed by atoms with Crippen molar-refractivity contribution >= 4 is 21.6 Å². The molecule has 19 heavy (non-hydrogen) atoms. The summed E-state index contributed by atoms with van der Waals surface area (Å²) in [6.45, 7) is 5.60. The minimum atomic E-state index is -0.649. The molecule has 6 heteroatoms. The first-order valence-electron chi connectivity index (χ1n) is 6.19. The van der Waals surface area contributed by atoms with Gasteiger partial charge in [-0.3, -0.25) is 15.0 Å². The Morgan fingerprint density at radius 2 is 2.16 bits per heavy atom. The molecule has 0 unspecified atom stereocenters. The molecule has 0 aliphatic carbocycles. The van der Waals surface area contributed by atoms with Gasteiger partial charge in [-0.1, -0.05) is 29.8 Å². The minimum Gasteiger partial charge on any atom is -0.387 e. The van der Waals surface area contributed by atoms with E-state index >= 15 is 0 Å². The number of hydrogen-bond donors (Lipinski definition) is 1. The van der Waals surface area contributed by atoms with Gasteiger partial charge in [0, 0.05) is 35.7 Å². The number of benzene rings is 1. The first kappa shape index (κ1) is 14.4. The average molecular weight is 329 g/mol. The zero-order valence-corrected chi connectivity index (χ0v) is 12.6. The molecule has 0 bridgehead atoms. The number of halogens is 1. The molecular weight excluding hydrogens is 312 g/mol. The third-order valence-corrected chi connectivity index (χ3v) is 4.20. The van der Waals surface area contributed by atoms with Crippen molar-refractivity contribution < 1.29 is 10.0 Å². The van der Waals surface area contributed by atoms with Gasteiger partial charge in [0.15, 0.2) is 0 Å². The van der Waals surface area contributed by atoms with Crippen molar-refractivity contribution in [3.8, 4) is 0 Å². The number of rotatable bonds is 4. The second-order valence-corrected chi connectivity index (χ2v) is 6.35. The lowest BCUT2D eigenvalue weighted by molar-refractivity contribution is -0.385. The van der Waals surface area contributed by atoms with Gasteiger partial charge in [0.25, 0.3) is 5.69 Å². The van der Waals surface area contributed by atoms with E-state index in [1.807, 2.05) is 18.7 Å². The van der Waals surface area contributed by atoms with Crippen LogP contribution in [0.3, 0.4) is 0 Å². The first-order chi connectivity index (χ1) is 8.82. The van der Waals surface area contributed by atoms with E-state index in [-0.39, 0.29) is 16.5 Å². The van der Waals surface area contributed by atoms with Crippen LogP contribution in [0.25, 0.3) is 0 Å². The van der Waals surface area contributed by atoms with Crippen molar-refractivity contribution in [3.63, 3.8) is 0 Å². The van der Waals surface area contributed by atoms with Crippen molar-refractivity contribution in [2.75, 3.05) is 13.1 Å². The van der Waals surface area contributed by atoms with Crippen molar-refractivity contribution in [2.24, 2.45) is 5.92 Å². The summed E-state index contributed by atoms with van der Waals surface area (Å²) < 4.78 is 0.699. The number of hydrogen-bond acceptors (Lipinski definition) is 4. The van der Waals surface area contributed by atoms with Crippen molar-refractivity contribution in [1.29, 1.82) is 0 Å². The van der Waals surface area contributed by atoms with Crippen molar-refractivity contribution in [3.05, 3.63) is 38.3 Å². The van der Waals surface area contributed by atoms with E-state index in [0.717, 1.165) is 0 Å². The summed E-state index contributed by atoms with van der Waals surface area (Å²) in [5.41, 5.74) is 0.151. The zero-order chi connectivity index (χ0) is 14.2. The van der Waals surface area contributed by atoms with Crippen LogP contribution in [0.4, 0.5) is 5.69 Å². The van der Waals surface area contributed by atoms with Crippen LogP contribution < -0.4 is 0 Å². The molecule has 1 aromatic rings. The second-order valence-electron chi connectivity index (χ2n) is 5.43. The van der Waals surface area contributed by atoms with Crippen molar-refractivity contribution in [2.45, 2.75) is 26.0 Å². The fraction of sp³-hybridized carbons (Fsp3) is 0.538. The summed E-state index contributed by atoms with van der Waals surface area (Å²) in [6, 6.07) is 5.08. The minimum absolute atomic E-state index is 0.120. The Labute approximate surface area is 120 Å². The maximum Gasteiger partial charge on any atom is 0.275 e. The zero-order valence-electron chi connectivity index (χ0n) is 11.0. The lowest BCUT2D eigenvalue weighted by Crippen LogP contribution is -2.63. The third-order valence-electron chi connectivity index (χ3n) is 3.71. The summed E-state index contributed by atoms with van der Waals surface area (Å²) in [5, 5.41) is 21.2. The van der Waals surface area contributed by atoms with E-state index in [4.69, 9.17) is 0 Å². The fourth-order valence-corrected chi connectivity index (χ4v) is 2.64. The Hall–Kier alpha value is -0.980. The number of nitro benzene ring substituents is 1. The normalized spacial score (nSPS) is 18.4. The molecule has 0 spiro atoms. The number of nitrogens with zero attached hydrogens (tertiary/aromatic N) is 2. The summed E-state index contributed by atoms with van der Waals surface area (Å²) in [5.74, 6) is 0.198. The summed E-state index contributed by atoms with van der Waals surface area (Å²) in [6.07, 6.45) is 0. The number of aliphatic hydroxyl groups is 1. The molecule has 0 radical (unpaired) electrons. The summed E-state index contributed by atoms with van der Waals surface area (Å²) >= 11 is 3.24. The molecule has 0 aromatic heterocycles. The maximum atomic E-state index is 11.0. The first-order valence-corrected chi connectivity index (χ1v) is 6.99. The van der Waals surface area contributed by atoms with Crippen LogP contribution in [0.5, 0.6) is 0 Å². The van der Waals surface area contributed by atoms with Gasteiger partial charge in [-0.05, 0) is 18.1 Å². The molecule has 2 rings (SSSR count). The standard InChI is InChI=1S/C13H17BrN2O3/c1-9(2)13(17)7-15(8-13)6-10-3-4-11(14)5-12(10)16(18)19/h3-5,9,17H,6-8H2,1-2H3.